The third kappa shape index (κ3) is 3.30. The number of hydrogen-bond acceptors (Lipinski definition) is 5. The van der Waals surface area contributed by atoms with Crippen molar-refractivity contribution in [1.82, 2.24) is 15.3 Å². The zero-order chi connectivity index (χ0) is 12.8. The number of amides is 1. The van der Waals surface area contributed by atoms with Crippen molar-refractivity contribution in [3.8, 4) is 0 Å². The summed E-state index contributed by atoms with van der Waals surface area (Å²) < 4.78 is 0. The van der Waals surface area contributed by atoms with Gasteiger partial charge in [-0.05, 0) is 13.8 Å². The fourth-order valence-electron chi connectivity index (χ4n) is 1.46. The Morgan fingerprint density at radius 1 is 1.47 bits per heavy atom. The third-order valence-electron chi connectivity index (χ3n) is 2.46. The van der Waals surface area contributed by atoms with Crippen molar-refractivity contribution in [3.05, 3.63) is 11.8 Å². The Kier molecular flexibility index (Phi) is 4.68. The minimum absolute atomic E-state index is 0.0316. The molecule has 17 heavy (non-hydrogen) atoms. The Hall–Kier alpha value is -1.85. The van der Waals surface area contributed by atoms with Gasteiger partial charge in [0.1, 0.15) is 5.82 Å². The van der Waals surface area contributed by atoms with Crippen LogP contribution in [0.4, 0.5) is 11.8 Å². The number of carbonyl (C=O) groups excluding carboxylic acids is 1. The van der Waals surface area contributed by atoms with Gasteiger partial charge in [-0.2, -0.15) is 4.98 Å². The van der Waals surface area contributed by atoms with Crippen molar-refractivity contribution in [3.63, 3.8) is 0 Å². The molecule has 0 radical (unpaired) electrons. The number of carbonyl (C=O) groups is 1. The Balaban J connectivity index is 2.97. The Morgan fingerprint density at radius 3 is 2.71 bits per heavy atom. The minimum atomic E-state index is -0.0316. The van der Waals surface area contributed by atoms with E-state index in [2.05, 4.69) is 20.6 Å². The highest BCUT2D eigenvalue weighted by atomic mass is 16.1. The van der Waals surface area contributed by atoms with Crippen molar-refractivity contribution in [2.45, 2.75) is 13.8 Å². The molecule has 2 N–H and O–H groups in total. The second-order valence-corrected chi connectivity index (χ2v) is 3.64. The first-order valence-corrected chi connectivity index (χ1v) is 5.59. The molecule has 0 aliphatic rings. The van der Waals surface area contributed by atoms with Crippen LogP contribution in [0, 0.1) is 6.92 Å². The molecule has 0 bridgehead atoms. The van der Waals surface area contributed by atoms with Gasteiger partial charge in [0.2, 0.25) is 11.9 Å². The first-order valence-electron chi connectivity index (χ1n) is 5.59. The van der Waals surface area contributed by atoms with Gasteiger partial charge in [-0.3, -0.25) is 4.79 Å². The predicted octanol–water partition coefficient (Wildman–Crippen LogP) is 0.399. The zero-order valence-electron chi connectivity index (χ0n) is 10.7. The van der Waals surface area contributed by atoms with Gasteiger partial charge in [-0.15, -0.1) is 0 Å². The van der Waals surface area contributed by atoms with Gasteiger partial charge in [0.15, 0.2) is 0 Å². The monoisotopic (exact) mass is 237 g/mol. The van der Waals surface area contributed by atoms with Gasteiger partial charge in [-0.1, -0.05) is 0 Å². The lowest BCUT2D eigenvalue weighted by Crippen LogP contribution is -2.36. The smallest absolute Gasteiger partial charge is 0.239 e. The summed E-state index contributed by atoms with van der Waals surface area (Å²) in [4.78, 5) is 21.8. The molecule has 6 nitrogen and oxygen atoms in total. The van der Waals surface area contributed by atoms with Crippen molar-refractivity contribution in [2.24, 2.45) is 0 Å². The van der Waals surface area contributed by atoms with Crippen LogP contribution in [0.3, 0.4) is 0 Å². The fraction of sp³-hybridized carbons (Fsp3) is 0.545. The van der Waals surface area contributed by atoms with E-state index in [4.69, 9.17) is 0 Å². The molecule has 1 heterocycles. The molecule has 0 unspecified atom stereocenters. The molecule has 6 heteroatoms. The van der Waals surface area contributed by atoms with E-state index in [0.717, 1.165) is 11.4 Å². The highest BCUT2D eigenvalue weighted by Gasteiger charge is 2.13. The first kappa shape index (κ1) is 13.2. The summed E-state index contributed by atoms with van der Waals surface area (Å²) in [5.41, 5.74) is 0.953. The lowest BCUT2D eigenvalue weighted by molar-refractivity contribution is -0.119. The molecule has 0 atom stereocenters. The lowest BCUT2D eigenvalue weighted by atomic mass is 10.3. The zero-order valence-corrected chi connectivity index (χ0v) is 10.7. The maximum absolute atomic E-state index is 11.4. The van der Waals surface area contributed by atoms with Crippen LogP contribution < -0.4 is 15.5 Å². The molecule has 0 saturated carbocycles. The number of likely N-dealkylation sites (N-methyl/N-ethyl adjacent to an activating group) is 2. The molecule has 1 amide bonds. The number of nitrogens with one attached hydrogen (secondary N) is 2. The number of rotatable bonds is 5. The van der Waals surface area contributed by atoms with E-state index in [1.165, 1.54) is 0 Å². The highest BCUT2D eigenvalue weighted by molar-refractivity contribution is 5.80. The lowest BCUT2D eigenvalue weighted by Gasteiger charge is -2.22. The van der Waals surface area contributed by atoms with Crippen LogP contribution >= 0.6 is 0 Å². The average Bonchev–Trinajstić information content (AvgIpc) is 2.36. The van der Waals surface area contributed by atoms with Gasteiger partial charge in [-0.25, -0.2) is 4.98 Å². The molecule has 94 valence electrons. The normalized spacial score (nSPS) is 9.88. The van der Waals surface area contributed by atoms with E-state index in [1.807, 2.05) is 18.7 Å². The largest absolute Gasteiger partial charge is 0.358 e. The van der Waals surface area contributed by atoms with Crippen LogP contribution in [0.2, 0.25) is 0 Å². The molecule has 0 aromatic carbocycles. The molecular weight excluding hydrogens is 218 g/mol. The Labute approximate surface area is 101 Å². The number of nitrogens with zero attached hydrogens (tertiary/aromatic N) is 3. The van der Waals surface area contributed by atoms with E-state index < -0.39 is 0 Å². The summed E-state index contributed by atoms with van der Waals surface area (Å²) in [5, 5.41) is 5.50. The second-order valence-electron chi connectivity index (χ2n) is 3.64. The van der Waals surface area contributed by atoms with E-state index in [0.29, 0.717) is 19.0 Å². The highest BCUT2D eigenvalue weighted by Crippen LogP contribution is 2.17. The van der Waals surface area contributed by atoms with Crippen LogP contribution in [0.25, 0.3) is 0 Å². The van der Waals surface area contributed by atoms with Crippen molar-refractivity contribution < 1.29 is 4.79 Å². The first-order chi connectivity index (χ1) is 8.12. The van der Waals surface area contributed by atoms with Crippen molar-refractivity contribution in [2.75, 3.05) is 37.4 Å². The maximum atomic E-state index is 11.4. The van der Waals surface area contributed by atoms with Gasteiger partial charge < -0.3 is 15.5 Å². The van der Waals surface area contributed by atoms with E-state index in [9.17, 15) is 4.79 Å². The van der Waals surface area contributed by atoms with Crippen LogP contribution in [0.15, 0.2) is 6.20 Å². The maximum Gasteiger partial charge on any atom is 0.239 e. The van der Waals surface area contributed by atoms with Crippen LogP contribution in [0.5, 0.6) is 0 Å². The van der Waals surface area contributed by atoms with Crippen LogP contribution in [0.1, 0.15) is 12.5 Å². The summed E-state index contributed by atoms with van der Waals surface area (Å²) >= 11 is 0. The molecular formula is C11H19N5O. The van der Waals surface area contributed by atoms with Gasteiger partial charge >= 0.3 is 0 Å². The van der Waals surface area contributed by atoms with E-state index >= 15 is 0 Å². The van der Waals surface area contributed by atoms with E-state index in [1.54, 1.807) is 20.3 Å². The summed E-state index contributed by atoms with van der Waals surface area (Å²) in [7, 11) is 3.39. The van der Waals surface area contributed by atoms with Crippen molar-refractivity contribution >= 4 is 17.7 Å². The van der Waals surface area contributed by atoms with Crippen molar-refractivity contribution in [1.29, 1.82) is 0 Å². The molecule has 1 aromatic rings. The molecule has 0 fully saturated rings. The molecule has 0 aliphatic carbocycles. The predicted molar refractivity (Wildman–Crippen MR) is 68.3 cm³/mol. The molecule has 1 aromatic heterocycles. The van der Waals surface area contributed by atoms with Gasteiger partial charge in [0, 0.05) is 32.4 Å². The quantitative estimate of drug-likeness (QED) is 0.775. The second kappa shape index (κ2) is 6.03. The summed E-state index contributed by atoms with van der Waals surface area (Å²) in [6.45, 7) is 4.94. The average molecular weight is 237 g/mol. The number of aromatic nitrogens is 2. The topological polar surface area (TPSA) is 70.2 Å². The van der Waals surface area contributed by atoms with Gasteiger partial charge in [0.25, 0.3) is 0 Å². The fourth-order valence-corrected chi connectivity index (χ4v) is 1.46. The number of aryl methyl sites for hydroxylation is 1. The summed E-state index contributed by atoms with van der Waals surface area (Å²) in [6.07, 6.45) is 1.75. The SMILES string of the molecule is CCN(CC(=O)NC)c1nc(NC)ncc1C. The summed E-state index contributed by atoms with van der Waals surface area (Å²) in [5.74, 6) is 1.31. The Morgan fingerprint density at radius 2 is 2.18 bits per heavy atom. The third-order valence-corrected chi connectivity index (χ3v) is 2.46. The number of anilines is 2. The van der Waals surface area contributed by atoms with E-state index in [-0.39, 0.29) is 5.91 Å². The van der Waals surface area contributed by atoms with Crippen LogP contribution in [-0.2, 0) is 4.79 Å². The molecule has 1 rings (SSSR count). The van der Waals surface area contributed by atoms with Gasteiger partial charge in [0.05, 0.1) is 6.54 Å². The standard InChI is InChI=1S/C11H19N5O/c1-5-16(7-9(17)12-3)10-8(2)6-14-11(13-4)15-10/h6H,5,7H2,1-4H3,(H,12,17)(H,13,14,15). The molecule has 0 aliphatic heterocycles. The molecule has 0 saturated heterocycles. The summed E-state index contributed by atoms with van der Waals surface area (Å²) in [6, 6.07) is 0. The van der Waals surface area contributed by atoms with Crippen LogP contribution in [-0.4, -0.2) is 43.1 Å². The number of hydrogen-bond donors (Lipinski definition) is 2. The minimum Gasteiger partial charge on any atom is -0.358 e. The molecule has 0 spiro atoms. The Bertz CT molecular complexity index is 393.